The maximum atomic E-state index is 12.4. The Labute approximate surface area is 138 Å². The lowest BCUT2D eigenvalue weighted by molar-refractivity contribution is -0.127. The second-order valence-electron chi connectivity index (χ2n) is 6.12. The highest BCUT2D eigenvalue weighted by atomic mass is 16.2. The van der Waals surface area contributed by atoms with E-state index in [0.717, 1.165) is 38.4 Å². The van der Waals surface area contributed by atoms with E-state index in [1.165, 1.54) is 17.7 Å². The van der Waals surface area contributed by atoms with Gasteiger partial charge in [0.2, 0.25) is 0 Å². The SMILES string of the molecule is CCCCCCN1C(N(CC)CC)=NC2C1C(=O)NC(=O)N2C. The average molecular weight is 323 g/mol. The first-order chi connectivity index (χ1) is 11.0. The Morgan fingerprint density at radius 2 is 1.83 bits per heavy atom. The van der Waals surface area contributed by atoms with Gasteiger partial charge in [-0.3, -0.25) is 10.1 Å². The Kier molecular flexibility index (Phi) is 5.85. The van der Waals surface area contributed by atoms with Crippen molar-refractivity contribution in [2.75, 3.05) is 26.7 Å². The van der Waals surface area contributed by atoms with Crippen LogP contribution in [0.3, 0.4) is 0 Å². The van der Waals surface area contributed by atoms with Crippen molar-refractivity contribution in [2.45, 2.75) is 58.7 Å². The summed E-state index contributed by atoms with van der Waals surface area (Å²) in [7, 11) is 1.70. The van der Waals surface area contributed by atoms with E-state index < -0.39 is 12.2 Å². The number of amides is 3. The first kappa shape index (κ1) is 17.6. The summed E-state index contributed by atoms with van der Waals surface area (Å²) >= 11 is 0. The van der Waals surface area contributed by atoms with Crippen LogP contribution >= 0.6 is 0 Å². The molecule has 3 amide bonds. The standard InChI is InChI=1S/C16H29N5O2/c1-5-8-9-10-11-21-12-13(17-15(21)20(6-2)7-3)19(4)16(23)18-14(12)22/h12-13H,5-11H2,1-4H3,(H,18,22,23). The molecule has 7 heteroatoms. The van der Waals surface area contributed by atoms with Gasteiger partial charge >= 0.3 is 6.03 Å². The van der Waals surface area contributed by atoms with Crippen LogP contribution in [0.5, 0.6) is 0 Å². The summed E-state index contributed by atoms with van der Waals surface area (Å²) in [6.45, 7) is 8.81. The Balaban J connectivity index is 2.21. The first-order valence-electron chi connectivity index (χ1n) is 8.72. The summed E-state index contributed by atoms with van der Waals surface area (Å²) in [5, 5.41) is 2.44. The van der Waals surface area contributed by atoms with Gasteiger partial charge in [-0.05, 0) is 20.3 Å². The van der Waals surface area contributed by atoms with Crippen molar-refractivity contribution in [3.8, 4) is 0 Å². The second kappa shape index (κ2) is 7.66. The molecule has 23 heavy (non-hydrogen) atoms. The summed E-state index contributed by atoms with van der Waals surface area (Å²) in [5.74, 6) is 0.609. The number of carbonyl (C=O) groups excluding carboxylic acids is 2. The number of rotatable bonds is 7. The fourth-order valence-corrected chi connectivity index (χ4v) is 3.23. The maximum absolute atomic E-state index is 12.4. The monoisotopic (exact) mass is 323 g/mol. The minimum absolute atomic E-state index is 0.237. The van der Waals surface area contributed by atoms with Crippen LogP contribution in [0.25, 0.3) is 0 Å². The zero-order valence-electron chi connectivity index (χ0n) is 14.7. The molecule has 2 atom stereocenters. The van der Waals surface area contributed by atoms with Crippen molar-refractivity contribution >= 4 is 17.9 Å². The lowest BCUT2D eigenvalue weighted by atomic mass is 10.1. The number of urea groups is 1. The van der Waals surface area contributed by atoms with E-state index in [2.05, 4.69) is 35.9 Å². The molecule has 1 saturated heterocycles. The molecule has 1 fully saturated rings. The molecule has 0 spiro atoms. The fraction of sp³-hybridized carbons (Fsp3) is 0.812. The molecule has 2 aliphatic heterocycles. The van der Waals surface area contributed by atoms with E-state index in [-0.39, 0.29) is 11.9 Å². The van der Waals surface area contributed by atoms with Crippen molar-refractivity contribution in [1.82, 2.24) is 20.0 Å². The molecular formula is C16H29N5O2. The summed E-state index contributed by atoms with van der Waals surface area (Å²) < 4.78 is 0. The topological polar surface area (TPSA) is 68.2 Å². The summed E-state index contributed by atoms with van der Waals surface area (Å²) in [5.41, 5.74) is 0. The highest BCUT2D eigenvalue weighted by Gasteiger charge is 2.49. The molecule has 0 aromatic heterocycles. The maximum Gasteiger partial charge on any atom is 0.325 e. The number of guanidine groups is 1. The van der Waals surface area contributed by atoms with Gasteiger partial charge in [-0.15, -0.1) is 0 Å². The summed E-state index contributed by atoms with van der Waals surface area (Å²) in [4.78, 5) is 34.7. The van der Waals surface area contributed by atoms with Crippen LogP contribution in [0.2, 0.25) is 0 Å². The predicted molar refractivity (Wildman–Crippen MR) is 90.1 cm³/mol. The number of imide groups is 1. The van der Waals surface area contributed by atoms with Crippen LogP contribution in [-0.4, -0.2) is 71.5 Å². The van der Waals surface area contributed by atoms with Gasteiger partial charge in [0, 0.05) is 26.7 Å². The lowest BCUT2D eigenvalue weighted by Gasteiger charge is -2.37. The predicted octanol–water partition coefficient (Wildman–Crippen LogP) is 1.46. The Bertz CT molecular complexity index is 475. The number of fused-ring (bicyclic) bond motifs is 1. The highest BCUT2D eigenvalue weighted by Crippen LogP contribution is 2.25. The quantitative estimate of drug-likeness (QED) is 0.720. The number of aliphatic imine (C=N–C) groups is 1. The van der Waals surface area contributed by atoms with Crippen molar-refractivity contribution in [3.05, 3.63) is 0 Å². The molecule has 7 nitrogen and oxygen atoms in total. The number of hydrogen-bond donors (Lipinski definition) is 1. The molecule has 0 aromatic carbocycles. The Morgan fingerprint density at radius 1 is 1.13 bits per heavy atom. The van der Waals surface area contributed by atoms with Gasteiger partial charge in [-0.2, -0.15) is 0 Å². The zero-order chi connectivity index (χ0) is 17.0. The van der Waals surface area contributed by atoms with Gasteiger partial charge in [0.1, 0.15) is 0 Å². The van der Waals surface area contributed by atoms with E-state index >= 15 is 0 Å². The van der Waals surface area contributed by atoms with Crippen LogP contribution in [0.4, 0.5) is 4.79 Å². The van der Waals surface area contributed by atoms with Gasteiger partial charge in [0.25, 0.3) is 5.91 Å². The fourth-order valence-electron chi connectivity index (χ4n) is 3.23. The van der Waals surface area contributed by atoms with Gasteiger partial charge in [-0.25, -0.2) is 9.79 Å². The van der Waals surface area contributed by atoms with Crippen LogP contribution < -0.4 is 5.32 Å². The lowest BCUT2D eigenvalue weighted by Crippen LogP contribution is -2.64. The van der Waals surface area contributed by atoms with Crippen molar-refractivity contribution < 1.29 is 9.59 Å². The number of carbonyl (C=O) groups is 2. The average Bonchev–Trinajstić information content (AvgIpc) is 2.91. The molecule has 2 rings (SSSR count). The van der Waals surface area contributed by atoms with E-state index in [0.29, 0.717) is 0 Å². The third-order valence-electron chi connectivity index (χ3n) is 4.64. The molecule has 130 valence electrons. The van der Waals surface area contributed by atoms with Crippen LogP contribution in [0.1, 0.15) is 46.5 Å². The summed E-state index contributed by atoms with van der Waals surface area (Å²) in [6, 6.07) is -0.776. The van der Waals surface area contributed by atoms with Gasteiger partial charge in [0.05, 0.1) is 0 Å². The number of nitrogens with one attached hydrogen (secondary N) is 1. The first-order valence-corrected chi connectivity index (χ1v) is 8.72. The largest absolute Gasteiger partial charge is 0.343 e. The number of nitrogens with zero attached hydrogens (tertiary/aromatic N) is 4. The van der Waals surface area contributed by atoms with E-state index in [9.17, 15) is 9.59 Å². The summed E-state index contributed by atoms with van der Waals surface area (Å²) in [6.07, 6.45) is 4.14. The van der Waals surface area contributed by atoms with E-state index in [4.69, 9.17) is 4.99 Å². The highest BCUT2D eigenvalue weighted by molar-refractivity contribution is 6.03. The third-order valence-corrected chi connectivity index (χ3v) is 4.64. The van der Waals surface area contributed by atoms with Gasteiger partial charge < -0.3 is 14.7 Å². The molecule has 0 radical (unpaired) electrons. The van der Waals surface area contributed by atoms with E-state index in [1.807, 2.05) is 0 Å². The third kappa shape index (κ3) is 3.43. The minimum Gasteiger partial charge on any atom is -0.343 e. The molecule has 0 aromatic rings. The molecular weight excluding hydrogens is 294 g/mol. The number of unbranched alkanes of at least 4 members (excludes halogenated alkanes) is 3. The van der Waals surface area contributed by atoms with Crippen LogP contribution in [-0.2, 0) is 4.79 Å². The molecule has 2 unspecified atom stereocenters. The van der Waals surface area contributed by atoms with Crippen molar-refractivity contribution in [1.29, 1.82) is 0 Å². The second-order valence-corrected chi connectivity index (χ2v) is 6.12. The van der Waals surface area contributed by atoms with Crippen LogP contribution in [0.15, 0.2) is 4.99 Å². The molecule has 0 bridgehead atoms. The molecule has 1 N–H and O–H groups in total. The Hall–Kier alpha value is -1.79. The number of likely N-dealkylation sites (N-methyl/N-ethyl adjacent to an activating group) is 1. The van der Waals surface area contributed by atoms with Crippen LogP contribution in [0, 0.1) is 0 Å². The van der Waals surface area contributed by atoms with Crippen molar-refractivity contribution in [3.63, 3.8) is 0 Å². The molecule has 0 saturated carbocycles. The molecule has 2 aliphatic rings. The van der Waals surface area contributed by atoms with Gasteiger partial charge in [-0.1, -0.05) is 26.2 Å². The minimum atomic E-state index is -0.418. The Morgan fingerprint density at radius 3 is 2.43 bits per heavy atom. The smallest absolute Gasteiger partial charge is 0.325 e. The zero-order valence-corrected chi connectivity index (χ0v) is 14.7. The molecule has 2 heterocycles. The van der Waals surface area contributed by atoms with E-state index in [1.54, 1.807) is 7.05 Å². The molecule has 0 aliphatic carbocycles. The van der Waals surface area contributed by atoms with Gasteiger partial charge in [0.15, 0.2) is 18.2 Å². The number of hydrogen-bond acceptors (Lipinski definition) is 5. The normalized spacial score (nSPS) is 23.7. The van der Waals surface area contributed by atoms with Crippen molar-refractivity contribution in [2.24, 2.45) is 4.99 Å².